The topological polar surface area (TPSA) is 34.0 Å². The highest BCUT2D eigenvalue weighted by Crippen LogP contribution is 2.22. The second-order valence-electron chi connectivity index (χ2n) is 7.15. The molecule has 1 aromatic heterocycles. The lowest BCUT2D eigenvalue weighted by molar-refractivity contribution is 0.0952. The Labute approximate surface area is 143 Å². The van der Waals surface area contributed by atoms with Gasteiger partial charge in [0, 0.05) is 30.4 Å². The number of hydrogen-bond acceptors (Lipinski definition) is 1. The first-order chi connectivity index (χ1) is 11.4. The number of nitrogens with zero attached hydrogens (tertiary/aromatic N) is 1. The van der Waals surface area contributed by atoms with Crippen molar-refractivity contribution in [1.29, 1.82) is 0 Å². The quantitative estimate of drug-likeness (QED) is 0.761. The summed E-state index contributed by atoms with van der Waals surface area (Å²) in [6.45, 7) is 7.88. The van der Waals surface area contributed by atoms with Crippen molar-refractivity contribution in [2.45, 2.75) is 32.7 Å². The van der Waals surface area contributed by atoms with E-state index in [0.717, 1.165) is 6.54 Å². The molecule has 0 spiro atoms. The summed E-state index contributed by atoms with van der Waals surface area (Å²) in [4.78, 5) is 12.3. The van der Waals surface area contributed by atoms with Gasteiger partial charge in [-0.3, -0.25) is 4.79 Å². The summed E-state index contributed by atoms with van der Waals surface area (Å²) in [5.74, 6) is -0.0214. The normalized spacial score (nSPS) is 11.6. The van der Waals surface area contributed by atoms with Gasteiger partial charge in [-0.2, -0.15) is 0 Å². The first-order valence-electron chi connectivity index (χ1n) is 8.38. The average Bonchev–Trinajstić information content (AvgIpc) is 2.97. The molecule has 0 atom stereocenters. The van der Waals surface area contributed by atoms with Crippen molar-refractivity contribution in [3.05, 3.63) is 71.9 Å². The maximum absolute atomic E-state index is 12.3. The third-order valence-corrected chi connectivity index (χ3v) is 4.33. The van der Waals surface area contributed by atoms with Crippen LogP contribution in [0.15, 0.2) is 60.8 Å². The number of hydrogen-bond donors (Lipinski definition) is 1. The molecule has 0 aliphatic heterocycles. The minimum atomic E-state index is -0.0214. The highest BCUT2D eigenvalue weighted by atomic mass is 16.1. The molecule has 0 saturated carbocycles. The molecule has 0 fully saturated rings. The monoisotopic (exact) mass is 320 g/mol. The van der Waals surface area contributed by atoms with Crippen molar-refractivity contribution < 1.29 is 4.79 Å². The van der Waals surface area contributed by atoms with E-state index in [-0.39, 0.29) is 11.3 Å². The molecular weight excluding hydrogens is 296 g/mol. The zero-order valence-corrected chi connectivity index (χ0v) is 14.5. The van der Waals surface area contributed by atoms with Gasteiger partial charge >= 0.3 is 0 Å². The Bertz CT molecular complexity index is 838. The fraction of sp³-hybridized carbons (Fsp3) is 0.286. The summed E-state index contributed by atoms with van der Waals surface area (Å²) in [5.41, 5.74) is 3.24. The second-order valence-corrected chi connectivity index (χ2v) is 7.15. The predicted octanol–water partition coefficient (Wildman–Crippen LogP) is 4.37. The van der Waals surface area contributed by atoms with Gasteiger partial charge in [-0.05, 0) is 40.6 Å². The maximum atomic E-state index is 12.3. The van der Waals surface area contributed by atoms with E-state index in [9.17, 15) is 4.79 Å². The Kier molecular flexibility index (Phi) is 4.43. The minimum Gasteiger partial charge on any atom is -0.350 e. The van der Waals surface area contributed by atoms with Crippen LogP contribution in [-0.2, 0) is 12.0 Å². The molecule has 24 heavy (non-hydrogen) atoms. The highest BCUT2D eigenvalue weighted by molar-refractivity contribution is 5.94. The molecule has 0 unspecified atom stereocenters. The van der Waals surface area contributed by atoms with Crippen molar-refractivity contribution in [3.63, 3.8) is 0 Å². The first kappa shape index (κ1) is 16.3. The number of para-hydroxylation sites is 1. The number of carbonyl (C=O) groups excluding carboxylic acids is 1. The number of fused-ring (bicyclic) bond motifs is 1. The Morgan fingerprint density at radius 1 is 1.00 bits per heavy atom. The van der Waals surface area contributed by atoms with Gasteiger partial charge in [0.25, 0.3) is 5.91 Å². The van der Waals surface area contributed by atoms with E-state index in [1.165, 1.54) is 16.5 Å². The molecule has 0 bridgehead atoms. The van der Waals surface area contributed by atoms with Gasteiger partial charge in [0.05, 0.1) is 0 Å². The Balaban J connectivity index is 1.59. The molecule has 3 nitrogen and oxygen atoms in total. The van der Waals surface area contributed by atoms with Crippen molar-refractivity contribution in [2.75, 3.05) is 6.54 Å². The first-order valence-corrected chi connectivity index (χ1v) is 8.38. The van der Waals surface area contributed by atoms with E-state index in [0.29, 0.717) is 12.1 Å². The van der Waals surface area contributed by atoms with E-state index in [4.69, 9.17) is 0 Å². The number of rotatable bonds is 4. The lowest BCUT2D eigenvalue weighted by atomic mass is 9.87. The van der Waals surface area contributed by atoms with Crippen molar-refractivity contribution in [2.24, 2.45) is 0 Å². The summed E-state index contributed by atoms with van der Waals surface area (Å²) in [6.07, 6.45) is 2.06. The molecule has 3 rings (SSSR count). The number of carbonyl (C=O) groups is 1. The van der Waals surface area contributed by atoms with Crippen molar-refractivity contribution >= 4 is 16.8 Å². The summed E-state index contributed by atoms with van der Waals surface area (Å²) in [5, 5.41) is 4.22. The number of amides is 1. The molecule has 0 radical (unpaired) electrons. The smallest absolute Gasteiger partial charge is 0.251 e. The van der Waals surface area contributed by atoms with Crippen LogP contribution in [0.3, 0.4) is 0 Å². The molecule has 1 heterocycles. The maximum Gasteiger partial charge on any atom is 0.251 e. The number of aromatic nitrogens is 1. The second kappa shape index (κ2) is 6.52. The van der Waals surface area contributed by atoms with Gasteiger partial charge in [-0.25, -0.2) is 0 Å². The Hall–Kier alpha value is -2.55. The molecule has 3 aromatic rings. The van der Waals surface area contributed by atoms with E-state index < -0.39 is 0 Å². The molecule has 1 amide bonds. The van der Waals surface area contributed by atoms with Crippen molar-refractivity contribution in [3.8, 4) is 0 Å². The minimum absolute atomic E-state index is 0.0214. The van der Waals surface area contributed by atoms with E-state index in [1.807, 2.05) is 36.4 Å². The molecule has 124 valence electrons. The zero-order chi connectivity index (χ0) is 17.2. The zero-order valence-electron chi connectivity index (χ0n) is 14.5. The van der Waals surface area contributed by atoms with Crippen LogP contribution in [0, 0.1) is 0 Å². The summed E-state index contributed by atoms with van der Waals surface area (Å²) >= 11 is 0. The summed E-state index contributed by atoms with van der Waals surface area (Å²) < 4.78 is 2.16. The van der Waals surface area contributed by atoms with Crippen LogP contribution in [-0.4, -0.2) is 17.0 Å². The number of nitrogens with one attached hydrogen (secondary N) is 1. The van der Waals surface area contributed by atoms with Gasteiger partial charge < -0.3 is 9.88 Å². The van der Waals surface area contributed by atoms with Crippen LogP contribution in [0.1, 0.15) is 36.7 Å². The van der Waals surface area contributed by atoms with Crippen LogP contribution in [0.2, 0.25) is 0 Å². The number of benzene rings is 2. The fourth-order valence-corrected chi connectivity index (χ4v) is 2.85. The molecule has 2 aromatic carbocycles. The standard InChI is InChI=1S/C21H24N2O/c1-21(2,3)18-10-8-17(9-11-18)20(24)22-13-15-23-14-12-16-6-4-5-7-19(16)23/h4-12,14H,13,15H2,1-3H3,(H,22,24). The van der Waals surface area contributed by atoms with Crippen LogP contribution >= 0.6 is 0 Å². The van der Waals surface area contributed by atoms with Gasteiger partial charge in [-0.15, -0.1) is 0 Å². The fourth-order valence-electron chi connectivity index (χ4n) is 2.85. The highest BCUT2D eigenvalue weighted by Gasteiger charge is 2.14. The van der Waals surface area contributed by atoms with Crippen LogP contribution in [0.4, 0.5) is 0 Å². The summed E-state index contributed by atoms with van der Waals surface area (Å²) in [6, 6.07) is 18.3. The van der Waals surface area contributed by atoms with Gasteiger partial charge in [0.2, 0.25) is 0 Å². The predicted molar refractivity (Wildman–Crippen MR) is 99.4 cm³/mol. The third kappa shape index (κ3) is 3.51. The molecule has 0 aliphatic rings. The Morgan fingerprint density at radius 2 is 1.71 bits per heavy atom. The molecular formula is C21H24N2O. The Morgan fingerprint density at radius 3 is 2.42 bits per heavy atom. The molecule has 3 heteroatoms. The van der Waals surface area contributed by atoms with Gasteiger partial charge in [0.1, 0.15) is 0 Å². The van der Waals surface area contributed by atoms with Gasteiger partial charge in [0.15, 0.2) is 0 Å². The molecule has 1 N–H and O–H groups in total. The SMILES string of the molecule is CC(C)(C)c1ccc(C(=O)NCCn2ccc3ccccc32)cc1. The van der Waals surface area contributed by atoms with E-state index in [1.54, 1.807) is 0 Å². The van der Waals surface area contributed by atoms with Crippen molar-refractivity contribution in [1.82, 2.24) is 9.88 Å². The average molecular weight is 320 g/mol. The van der Waals surface area contributed by atoms with Crippen LogP contribution in [0.5, 0.6) is 0 Å². The molecule has 0 aliphatic carbocycles. The lowest BCUT2D eigenvalue weighted by Crippen LogP contribution is -2.27. The van der Waals surface area contributed by atoms with Crippen LogP contribution in [0.25, 0.3) is 10.9 Å². The summed E-state index contributed by atoms with van der Waals surface area (Å²) in [7, 11) is 0. The van der Waals surface area contributed by atoms with Crippen LogP contribution < -0.4 is 5.32 Å². The lowest BCUT2D eigenvalue weighted by Gasteiger charge is -2.19. The van der Waals surface area contributed by atoms with Gasteiger partial charge in [-0.1, -0.05) is 51.1 Å². The van der Waals surface area contributed by atoms with E-state index >= 15 is 0 Å². The van der Waals surface area contributed by atoms with E-state index in [2.05, 4.69) is 55.1 Å². The largest absolute Gasteiger partial charge is 0.350 e. The third-order valence-electron chi connectivity index (χ3n) is 4.33. The molecule has 0 saturated heterocycles.